The summed E-state index contributed by atoms with van der Waals surface area (Å²) < 4.78 is -0.419. The molecule has 0 radical (unpaired) electrons. The standard InChI is InChI=1S/C8H19BBr2S/c1-4-5-6-7-8-9(10,11)12(2)3/h4-8H2,1-3H3. The second kappa shape index (κ2) is 6.77. The van der Waals surface area contributed by atoms with Crippen LogP contribution in [0.1, 0.15) is 32.6 Å². The molecular formula is C8H19BBr2S. The summed E-state index contributed by atoms with van der Waals surface area (Å²) in [5, 5.41) is 0. The summed E-state index contributed by atoms with van der Waals surface area (Å²) in [6, 6.07) is 0. The van der Waals surface area contributed by atoms with Gasteiger partial charge in [-0.05, 0) is 0 Å². The lowest BCUT2D eigenvalue weighted by molar-refractivity contribution is 0.700. The molecule has 0 fully saturated rings. The van der Waals surface area contributed by atoms with Crippen LogP contribution in [0.15, 0.2) is 0 Å². The van der Waals surface area contributed by atoms with E-state index in [4.69, 9.17) is 0 Å². The van der Waals surface area contributed by atoms with Crippen LogP contribution in [0.3, 0.4) is 0 Å². The average molecular weight is 318 g/mol. The molecule has 0 aliphatic rings. The summed E-state index contributed by atoms with van der Waals surface area (Å²) in [6.45, 7) is 2.25. The van der Waals surface area contributed by atoms with Gasteiger partial charge in [0.05, 0.1) is 12.5 Å². The van der Waals surface area contributed by atoms with E-state index in [0.717, 1.165) is 0 Å². The first-order valence-electron chi connectivity index (χ1n) is 4.60. The van der Waals surface area contributed by atoms with Crippen molar-refractivity contribution in [3.8, 4) is 0 Å². The molecule has 0 amide bonds. The van der Waals surface area contributed by atoms with Gasteiger partial charge in [-0.1, -0.05) is 32.6 Å². The first kappa shape index (κ1) is 13.4. The second-order valence-corrected chi connectivity index (χ2v) is 11.6. The molecule has 0 aromatic heterocycles. The number of rotatable bonds is 6. The van der Waals surface area contributed by atoms with E-state index in [0.29, 0.717) is 10.7 Å². The molecule has 0 aromatic carbocycles. The zero-order chi connectivity index (χ0) is 9.61. The van der Waals surface area contributed by atoms with Crippen LogP contribution in [0.5, 0.6) is 0 Å². The predicted octanol–water partition coefficient (Wildman–Crippen LogP) is 4.17. The van der Waals surface area contributed by atoms with Gasteiger partial charge in [0.1, 0.15) is 0 Å². The van der Waals surface area contributed by atoms with Gasteiger partial charge in [-0.25, -0.2) is 10.7 Å². The minimum atomic E-state index is -0.419. The van der Waals surface area contributed by atoms with Gasteiger partial charge in [-0.15, -0.1) is 6.32 Å². The van der Waals surface area contributed by atoms with E-state index in [1.165, 1.54) is 32.0 Å². The smallest absolute Gasteiger partial charge is 0.272 e. The monoisotopic (exact) mass is 316 g/mol. The van der Waals surface area contributed by atoms with E-state index in [9.17, 15) is 0 Å². The summed E-state index contributed by atoms with van der Waals surface area (Å²) in [5.74, 6) is 0. The van der Waals surface area contributed by atoms with Crippen LogP contribution in [0, 0.1) is 0 Å². The van der Waals surface area contributed by atoms with E-state index in [2.05, 4.69) is 50.9 Å². The van der Waals surface area contributed by atoms with Crippen LogP contribution in [0.25, 0.3) is 0 Å². The Bertz CT molecular complexity index is 118. The first-order chi connectivity index (χ1) is 5.50. The maximum Gasteiger partial charge on any atom is 0.342 e. The topological polar surface area (TPSA) is 0 Å². The SMILES string of the molecule is CCCCCC[B-](Br)(Br)[S+](C)C. The molecule has 0 nitrogen and oxygen atoms in total. The fraction of sp³-hybridized carbons (Fsp3) is 1.00. The number of hydrogen-bond acceptors (Lipinski definition) is 0. The molecule has 0 atom stereocenters. The van der Waals surface area contributed by atoms with Crippen molar-refractivity contribution in [1.82, 2.24) is 0 Å². The lowest BCUT2D eigenvalue weighted by atomic mass is 9.96. The third-order valence-corrected chi connectivity index (χ3v) is 9.10. The maximum absolute atomic E-state index is 3.79. The molecule has 0 aliphatic carbocycles. The fourth-order valence-corrected chi connectivity index (χ4v) is 2.33. The van der Waals surface area contributed by atoms with Crippen molar-refractivity contribution >= 4 is 45.3 Å². The molecule has 0 aromatic rings. The highest BCUT2D eigenvalue weighted by Gasteiger charge is 2.29. The number of unbranched alkanes of at least 4 members (excludes halogenated alkanes) is 3. The molecule has 0 saturated carbocycles. The molecular weight excluding hydrogens is 299 g/mol. The van der Waals surface area contributed by atoms with Gasteiger partial charge < -0.3 is 0 Å². The minimum Gasteiger partial charge on any atom is -0.272 e. The zero-order valence-corrected chi connectivity index (χ0v) is 12.3. The summed E-state index contributed by atoms with van der Waals surface area (Å²) >= 11 is 7.58. The molecule has 12 heavy (non-hydrogen) atoms. The van der Waals surface area contributed by atoms with Crippen LogP contribution in [0.2, 0.25) is 6.32 Å². The molecule has 0 rings (SSSR count). The Hall–Kier alpha value is 1.37. The Labute approximate surface area is 96.4 Å². The molecule has 0 saturated heterocycles. The average Bonchev–Trinajstić information content (AvgIpc) is 1.98. The molecule has 0 unspecified atom stereocenters. The third kappa shape index (κ3) is 5.93. The lowest BCUT2D eigenvalue weighted by Crippen LogP contribution is -2.28. The summed E-state index contributed by atoms with van der Waals surface area (Å²) in [6.07, 6.45) is 11.3. The second-order valence-electron chi connectivity index (χ2n) is 3.46. The van der Waals surface area contributed by atoms with Crippen LogP contribution in [0.4, 0.5) is 0 Å². The van der Waals surface area contributed by atoms with Gasteiger partial charge in [0, 0.05) is 0 Å². The highest BCUT2D eigenvalue weighted by Crippen LogP contribution is 2.32. The normalized spacial score (nSPS) is 12.5. The van der Waals surface area contributed by atoms with Crippen LogP contribution in [-0.2, 0) is 10.7 Å². The zero-order valence-electron chi connectivity index (χ0n) is 8.28. The Morgan fingerprint density at radius 1 is 1.08 bits per heavy atom. The van der Waals surface area contributed by atoms with Crippen LogP contribution < -0.4 is 0 Å². The van der Waals surface area contributed by atoms with Crippen molar-refractivity contribution in [2.45, 2.75) is 38.9 Å². The number of hydrogen-bond donors (Lipinski definition) is 0. The summed E-state index contributed by atoms with van der Waals surface area (Å²) in [7, 11) is 0.465. The maximum atomic E-state index is 3.79. The first-order valence-corrected chi connectivity index (χ1v) is 8.54. The van der Waals surface area contributed by atoms with Crippen molar-refractivity contribution < 1.29 is 0 Å². The van der Waals surface area contributed by atoms with Crippen LogP contribution >= 0.6 is 31.5 Å². The highest BCUT2D eigenvalue weighted by atomic mass is 79.9. The van der Waals surface area contributed by atoms with Crippen LogP contribution in [-0.4, -0.2) is 15.6 Å². The summed E-state index contributed by atoms with van der Waals surface area (Å²) in [5.41, 5.74) is 0. The summed E-state index contributed by atoms with van der Waals surface area (Å²) in [4.78, 5) is 0. The third-order valence-electron chi connectivity index (χ3n) is 2.08. The quantitative estimate of drug-likeness (QED) is 0.392. The molecule has 74 valence electrons. The predicted molar refractivity (Wildman–Crippen MR) is 71.8 cm³/mol. The molecule has 0 heterocycles. The molecule has 0 N–H and O–H groups in total. The fourth-order valence-electron chi connectivity index (χ4n) is 1.04. The largest absolute Gasteiger partial charge is 0.342 e. The Balaban J connectivity index is 3.47. The van der Waals surface area contributed by atoms with Gasteiger partial charge in [-0.3, -0.25) is 31.5 Å². The highest BCUT2D eigenvalue weighted by molar-refractivity contribution is 9.57. The molecule has 0 spiro atoms. The lowest BCUT2D eigenvalue weighted by Gasteiger charge is -2.23. The molecule has 0 bridgehead atoms. The van der Waals surface area contributed by atoms with Gasteiger partial charge in [0.25, 0.3) is 0 Å². The van der Waals surface area contributed by atoms with E-state index in [1.807, 2.05) is 0 Å². The van der Waals surface area contributed by atoms with Gasteiger partial charge in [0.2, 0.25) is 0 Å². The Morgan fingerprint density at radius 2 is 1.67 bits per heavy atom. The van der Waals surface area contributed by atoms with Crippen molar-refractivity contribution in [3.05, 3.63) is 0 Å². The van der Waals surface area contributed by atoms with Gasteiger partial charge in [-0.2, -0.15) is 0 Å². The van der Waals surface area contributed by atoms with E-state index in [-0.39, 0.29) is 0 Å². The Morgan fingerprint density at radius 3 is 2.08 bits per heavy atom. The van der Waals surface area contributed by atoms with E-state index >= 15 is 0 Å². The molecule has 4 heteroatoms. The Kier molecular flexibility index (Phi) is 7.55. The van der Waals surface area contributed by atoms with Crippen molar-refractivity contribution in [3.63, 3.8) is 0 Å². The van der Waals surface area contributed by atoms with Gasteiger partial charge in [0.15, 0.2) is 0 Å². The van der Waals surface area contributed by atoms with E-state index < -0.39 is 3.07 Å². The van der Waals surface area contributed by atoms with Crippen molar-refractivity contribution in [2.24, 2.45) is 0 Å². The van der Waals surface area contributed by atoms with E-state index in [1.54, 1.807) is 0 Å². The minimum absolute atomic E-state index is 0.419. The molecule has 0 aliphatic heterocycles. The number of halogens is 2. The van der Waals surface area contributed by atoms with Crippen molar-refractivity contribution in [1.29, 1.82) is 0 Å². The van der Waals surface area contributed by atoms with Crippen molar-refractivity contribution in [2.75, 3.05) is 12.5 Å². The van der Waals surface area contributed by atoms with Gasteiger partial charge >= 0.3 is 3.07 Å².